The molecule has 3 rings (SSSR count). The molecule has 2 aromatic heterocycles. The monoisotopic (exact) mass is 439 g/mol. The van der Waals surface area contributed by atoms with E-state index < -0.39 is 21.8 Å². The molecule has 0 saturated heterocycles. The average molecular weight is 439 g/mol. The van der Waals surface area contributed by atoms with Crippen molar-refractivity contribution in [2.75, 3.05) is 13.6 Å². The highest BCUT2D eigenvalue weighted by atomic mass is 32.2. The normalized spacial score (nSPS) is 11.7. The number of benzene rings is 1. The summed E-state index contributed by atoms with van der Waals surface area (Å²) in [7, 11) is -2.35. The van der Waals surface area contributed by atoms with E-state index in [-0.39, 0.29) is 36.7 Å². The zero-order valence-corrected chi connectivity index (χ0v) is 17.1. The summed E-state index contributed by atoms with van der Waals surface area (Å²) in [6.45, 7) is -0.0169. The first-order valence-electron chi connectivity index (χ1n) is 8.60. The molecule has 0 radical (unpaired) electrons. The highest BCUT2D eigenvalue weighted by Crippen LogP contribution is 2.22. The van der Waals surface area contributed by atoms with Crippen LogP contribution in [0.15, 0.2) is 51.2 Å². The van der Waals surface area contributed by atoms with Gasteiger partial charge in [0.05, 0.1) is 9.77 Å². The summed E-state index contributed by atoms with van der Waals surface area (Å²) < 4.78 is 49.0. The van der Waals surface area contributed by atoms with Gasteiger partial charge in [-0.05, 0) is 42.1 Å². The Labute approximate surface area is 171 Å². The lowest BCUT2D eigenvalue weighted by Gasteiger charge is -2.16. The lowest BCUT2D eigenvalue weighted by molar-refractivity contribution is -0.145. The van der Waals surface area contributed by atoms with Gasteiger partial charge in [-0.2, -0.15) is 4.98 Å². The lowest BCUT2D eigenvalue weighted by atomic mass is 10.3. The van der Waals surface area contributed by atoms with Gasteiger partial charge >= 0.3 is 5.97 Å². The van der Waals surface area contributed by atoms with E-state index in [0.29, 0.717) is 5.89 Å². The summed E-state index contributed by atoms with van der Waals surface area (Å²) in [4.78, 5) is 16.8. The van der Waals surface area contributed by atoms with Crippen LogP contribution in [0.2, 0.25) is 0 Å². The molecule has 0 aliphatic heterocycles. The first kappa shape index (κ1) is 21.1. The number of carbonyl (C=O) groups is 1. The van der Waals surface area contributed by atoms with Crippen molar-refractivity contribution in [3.8, 4) is 10.8 Å². The molecular weight excluding hydrogens is 421 g/mol. The largest absolute Gasteiger partial charge is 0.457 e. The van der Waals surface area contributed by atoms with Crippen LogP contribution in [-0.4, -0.2) is 42.4 Å². The zero-order chi connectivity index (χ0) is 20.9. The molecule has 3 aromatic rings. The Kier molecular flexibility index (Phi) is 6.72. The van der Waals surface area contributed by atoms with E-state index in [0.717, 1.165) is 21.3 Å². The number of thiophene rings is 1. The minimum Gasteiger partial charge on any atom is -0.457 e. The third-order valence-corrected chi connectivity index (χ3v) is 6.67. The fraction of sp³-hybridized carbons (Fsp3) is 0.278. The second-order valence-corrected chi connectivity index (χ2v) is 9.03. The Hall–Kier alpha value is -2.63. The molecule has 0 aliphatic carbocycles. The van der Waals surface area contributed by atoms with Crippen molar-refractivity contribution in [2.45, 2.75) is 24.3 Å². The third-order valence-electron chi connectivity index (χ3n) is 3.94. The van der Waals surface area contributed by atoms with E-state index in [1.807, 2.05) is 17.5 Å². The number of ether oxygens (including phenoxy) is 1. The quantitative estimate of drug-likeness (QED) is 0.472. The number of rotatable bonds is 9. The van der Waals surface area contributed by atoms with Gasteiger partial charge in [0, 0.05) is 20.0 Å². The Balaban J connectivity index is 1.43. The first-order valence-corrected chi connectivity index (χ1v) is 10.9. The number of sulfonamides is 1. The molecule has 0 N–H and O–H groups in total. The van der Waals surface area contributed by atoms with Crippen LogP contribution in [0.1, 0.15) is 18.7 Å². The second-order valence-electron chi connectivity index (χ2n) is 6.04. The molecule has 1 aromatic carbocycles. The number of halogens is 1. The van der Waals surface area contributed by atoms with E-state index in [4.69, 9.17) is 9.26 Å². The van der Waals surface area contributed by atoms with Crippen LogP contribution in [0.5, 0.6) is 0 Å². The van der Waals surface area contributed by atoms with Crippen LogP contribution in [0.3, 0.4) is 0 Å². The molecule has 0 spiro atoms. The zero-order valence-electron chi connectivity index (χ0n) is 15.4. The maximum absolute atomic E-state index is 13.0. The molecule has 0 aliphatic rings. The summed E-state index contributed by atoms with van der Waals surface area (Å²) in [5, 5.41) is 5.64. The maximum Gasteiger partial charge on any atom is 0.306 e. The minimum absolute atomic E-state index is 0.0115. The van der Waals surface area contributed by atoms with Crippen molar-refractivity contribution in [1.29, 1.82) is 0 Å². The lowest BCUT2D eigenvalue weighted by Crippen LogP contribution is -2.28. The number of nitrogens with zero attached hydrogens (tertiary/aromatic N) is 3. The van der Waals surface area contributed by atoms with Crippen molar-refractivity contribution < 1.29 is 26.9 Å². The molecular formula is C18H18FN3O5S2. The predicted molar refractivity (Wildman–Crippen MR) is 103 cm³/mol. The number of esters is 1. The van der Waals surface area contributed by atoms with Gasteiger partial charge in [-0.1, -0.05) is 11.2 Å². The van der Waals surface area contributed by atoms with Crippen molar-refractivity contribution in [2.24, 2.45) is 0 Å². The fourth-order valence-electron chi connectivity index (χ4n) is 2.38. The third kappa shape index (κ3) is 5.46. The highest BCUT2D eigenvalue weighted by molar-refractivity contribution is 7.89. The molecule has 29 heavy (non-hydrogen) atoms. The van der Waals surface area contributed by atoms with Crippen LogP contribution >= 0.6 is 11.3 Å². The Morgan fingerprint density at radius 1 is 1.28 bits per heavy atom. The molecule has 2 heterocycles. The summed E-state index contributed by atoms with van der Waals surface area (Å²) in [6, 6.07) is 8.26. The second kappa shape index (κ2) is 9.25. The molecule has 0 fully saturated rings. The van der Waals surface area contributed by atoms with Crippen molar-refractivity contribution in [3.05, 3.63) is 53.4 Å². The summed E-state index contributed by atoms with van der Waals surface area (Å²) in [5.41, 5.74) is 0. The van der Waals surface area contributed by atoms with Crippen LogP contribution in [0.4, 0.5) is 4.39 Å². The fourth-order valence-corrected chi connectivity index (χ4v) is 4.24. The van der Waals surface area contributed by atoms with E-state index >= 15 is 0 Å². The van der Waals surface area contributed by atoms with Gasteiger partial charge in [-0.3, -0.25) is 4.79 Å². The van der Waals surface area contributed by atoms with Gasteiger partial charge in [0.1, 0.15) is 5.82 Å². The smallest absolute Gasteiger partial charge is 0.306 e. The topological polar surface area (TPSA) is 103 Å². The summed E-state index contributed by atoms with van der Waals surface area (Å²) in [5.74, 6) is -0.407. The maximum atomic E-state index is 13.0. The van der Waals surface area contributed by atoms with Crippen molar-refractivity contribution in [1.82, 2.24) is 14.4 Å². The Morgan fingerprint density at radius 3 is 2.72 bits per heavy atom. The van der Waals surface area contributed by atoms with E-state index in [2.05, 4.69) is 10.1 Å². The minimum atomic E-state index is -3.74. The van der Waals surface area contributed by atoms with Gasteiger partial charge < -0.3 is 9.26 Å². The van der Waals surface area contributed by atoms with Crippen LogP contribution in [-0.2, 0) is 26.2 Å². The average Bonchev–Trinajstić information content (AvgIpc) is 3.38. The van der Waals surface area contributed by atoms with Crippen molar-refractivity contribution >= 4 is 27.3 Å². The molecule has 0 unspecified atom stereocenters. The van der Waals surface area contributed by atoms with E-state index in [1.54, 1.807) is 0 Å². The predicted octanol–water partition coefficient (Wildman–Crippen LogP) is 3.08. The van der Waals surface area contributed by atoms with Gasteiger partial charge in [0.25, 0.3) is 5.89 Å². The molecule has 11 heteroatoms. The molecule has 0 bridgehead atoms. The summed E-state index contributed by atoms with van der Waals surface area (Å²) >= 11 is 1.45. The van der Waals surface area contributed by atoms with Crippen LogP contribution < -0.4 is 0 Å². The molecule has 0 amide bonds. The number of hydrogen-bond donors (Lipinski definition) is 0. The first-order chi connectivity index (χ1) is 13.9. The molecule has 8 nitrogen and oxygen atoms in total. The number of aromatic nitrogens is 2. The Morgan fingerprint density at radius 2 is 2.03 bits per heavy atom. The van der Waals surface area contributed by atoms with E-state index in [9.17, 15) is 17.6 Å². The number of carbonyl (C=O) groups excluding carboxylic acids is 1. The van der Waals surface area contributed by atoms with Crippen LogP contribution in [0, 0.1) is 5.82 Å². The molecule has 0 saturated carbocycles. The van der Waals surface area contributed by atoms with Crippen molar-refractivity contribution in [3.63, 3.8) is 0 Å². The summed E-state index contributed by atoms with van der Waals surface area (Å²) in [6.07, 6.45) is 0.293. The SMILES string of the molecule is CN(CCCC(=O)OCc1noc(-c2cccs2)n1)S(=O)(=O)c1ccc(F)cc1. The Bertz CT molecular complexity index is 1050. The van der Waals surface area contributed by atoms with Gasteiger partial charge in [-0.15, -0.1) is 11.3 Å². The van der Waals surface area contributed by atoms with Gasteiger partial charge in [-0.25, -0.2) is 17.1 Å². The van der Waals surface area contributed by atoms with E-state index in [1.165, 1.54) is 30.5 Å². The van der Waals surface area contributed by atoms with Gasteiger partial charge in [0.15, 0.2) is 6.61 Å². The van der Waals surface area contributed by atoms with Crippen LogP contribution in [0.25, 0.3) is 10.8 Å². The molecule has 154 valence electrons. The van der Waals surface area contributed by atoms with Gasteiger partial charge in [0.2, 0.25) is 15.8 Å². The highest BCUT2D eigenvalue weighted by Gasteiger charge is 2.21. The standard InChI is InChI=1S/C18H18FN3O5S2/c1-22(29(24,25)14-8-6-13(19)7-9-14)10-2-5-17(23)26-12-16-20-18(27-21-16)15-4-3-11-28-15/h3-4,6-9,11H,2,5,10,12H2,1H3. The number of hydrogen-bond acceptors (Lipinski definition) is 8. The molecule has 0 atom stereocenters.